The van der Waals surface area contributed by atoms with Crippen LogP contribution >= 0.6 is 15.9 Å². The van der Waals surface area contributed by atoms with Gasteiger partial charge in [-0.2, -0.15) is 0 Å². The number of halogens is 1. The molecule has 0 unspecified atom stereocenters. The first-order valence-corrected chi connectivity index (χ1v) is 6.61. The molecule has 0 radical (unpaired) electrons. The molecule has 0 aromatic heterocycles. The van der Waals surface area contributed by atoms with E-state index in [1.807, 2.05) is 18.2 Å². The summed E-state index contributed by atoms with van der Waals surface area (Å²) < 4.78 is 5.69. The lowest BCUT2D eigenvalue weighted by atomic mass is 10.00. The summed E-state index contributed by atoms with van der Waals surface area (Å²) in [5.74, 6) is -0.529. The average Bonchev–Trinajstić information content (AvgIpc) is 2.36. The van der Waals surface area contributed by atoms with Crippen LogP contribution in [0.15, 0.2) is 22.7 Å². The van der Waals surface area contributed by atoms with Gasteiger partial charge in [-0.1, -0.05) is 15.9 Å². The molecule has 0 saturated heterocycles. The fraction of sp³-hybridized carbons (Fsp3) is 0.385. The van der Waals surface area contributed by atoms with Gasteiger partial charge in [-0.3, -0.25) is 4.79 Å². The monoisotopic (exact) mass is 326 g/mol. The van der Waals surface area contributed by atoms with Crippen LogP contribution in [0.1, 0.15) is 13.8 Å². The number of nitrogens with one attached hydrogen (secondary N) is 1. The van der Waals surface area contributed by atoms with Crippen LogP contribution < -0.4 is 10.2 Å². The molecule has 1 heterocycles. The van der Waals surface area contributed by atoms with Crippen molar-refractivity contribution in [3.63, 3.8) is 0 Å². The molecule has 0 spiro atoms. The highest BCUT2D eigenvalue weighted by atomic mass is 79.9. The minimum atomic E-state index is -0.908. The Bertz CT molecular complexity index is 543. The van der Waals surface area contributed by atoms with Crippen LogP contribution in [0.2, 0.25) is 0 Å². The van der Waals surface area contributed by atoms with E-state index in [2.05, 4.69) is 21.2 Å². The number of methoxy groups -OCH3 is 1. The van der Waals surface area contributed by atoms with Crippen molar-refractivity contribution in [2.75, 3.05) is 23.9 Å². The molecule has 0 aliphatic carbocycles. The molecule has 1 aliphatic heterocycles. The topological polar surface area (TPSA) is 58.6 Å². The number of rotatable bonds is 2. The summed E-state index contributed by atoms with van der Waals surface area (Å²) in [6.45, 7) is 3.60. The van der Waals surface area contributed by atoms with Gasteiger partial charge in [0.2, 0.25) is 5.91 Å². The van der Waals surface area contributed by atoms with E-state index in [9.17, 15) is 9.59 Å². The van der Waals surface area contributed by atoms with Crippen LogP contribution in [-0.4, -0.2) is 31.1 Å². The Hall–Kier alpha value is -1.56. The van der Waals surface area contributed by atoms with Gasteiger partial charge in [-0.25, -0.2) is 4.79 Å². The normalized spacial score (nSPS) is 14.7. The highest BCUT2D eigenvalue weighted by Gasteiger charge is 2.40. The van der Waals surface area contributed by atoms with Crippen molar-refractivity contribution in [1.82, 2.24) is 0 Å². The molecule has 0 saturated carbocycles. The van der Waals surface area contributed by atoms with Gasteiger partial charge in [0.25, 0.3) is 0 Å². The van der Waals surface area contributed by atoms with E-state index >= 15 is 0 Å². The molecule has 2 rings (SSSR count). The van der Waals surface area contributed by atoms with Crippen molar-refractivity contribution in [2.24, 2.45) is 0 Å². The third-order valence-corrected chi connectivity index (χ3v) is 3.68. The summed E-state index contributed by atoms with van der Waals surface area (Å²) in [5, 5.41) is 2.80. The maximum atomic E-state index is 11.9. The second-order valence-electron chi connectivity index (χ2n) is 4.85. The number of benzene rings is 1. The number of hydrogen-bond donors (Lipinski definition) is 1. The molecule has 0 bridgehead atoms. The van der Waals surface area contributed by atoms with E-state index in [1.165, 1.54) is 7.11 Å². The van der Waals surface area contributed by atoms with E-state index in [0.29, 0.717) is 5.69 Å². The first-order valence-electron chi connectivity index (χ1n) is 5.81. The number of amides is 1. The molecule has 102 valence electrons. The van der Waals surface area contributed by atoms with E-state index in [-0.39, 0.29) is 18.4 Å². The second-order valence-corrected chi connectivity index (χ2v) is 5.76. The van der Waals surface area contributed by atoms with Crippen molar-refractivity contribution in [3.05, 3.63) is 22.7 Å². The third kappa shape index (κ3) is 2.45. The molecule has 5 nitrogen and oxygen atoms in total. The molecule has 1 aromatic carbocycles. The maximum Gasteiger partial charge on any atom is 0.331 e. The maximum absolute atomic E-state index is 11.9. The van der Waals surface area contributed by atoms with Crippen molar-refractivity contribution >= 4 is 39.2 Å². The summed E-state index contributed by atoms with van der Waals surface area (Å²) in [4.78, 5) is 25.4. The van der Waals surface area contributed by atoms with E-state index in [0.717, 1.165) is 10.2 Å². The first-order chi connectivity index (χ1) is 8.86. The Balaban J connectivity index is 2.49. The highest BCUT2D eigenvalue weighted by Crippen LogP contribution is 2.36. The van der Waals surface area contributed by atoms with Crippen LogP contribution in [0.4, 0.5) is 11.4 Å². The molecule has 6 heteroatoms. The number of anilines is 2. The van der Waals surface area contributed by atoms with E-state index in [4.69, 9.17) is 4.74 Å². The second kappa shape index (κ2) is 4.85. The number of ether oxygens (including phenoxy) is 1. The summed E-state index contributed by atoms with van der Waals surface area (Å²) in [6, 6.07) is 5.55. The Kier molecular flexibility index (Phi) is 3.54. The third-order valence-electron chi connectivity index (χ3n) is 3.18. The Morgan fingerprint density at radius 1 is 1.47 bits per heavy atom. The van der Waals surface area contributed by atoms with Crippen LogP contribution in [0, 0.1) is 0 Å². The van der Waals surface area contributed by atoms with Gasteiger partial charge in [-0.15, -0.1) is 0 Å². The average molecular weight is 327 g/mol. The fourth-order valence-corrected chi connectivity index (χ4v) is 2.48. The smallest absolute Gasteiger partial charge is 0.331 e. The zero-order chi connectivity index (χ0) is 14.2. The Labute approximate surface area is 120 Å². The lowest BCUT2D eigenvalue weighted by Gasteiger charge is -2.40. The number of carbonyl (C=O) groups is 2. The summed E-state index contributed by atoms with van der Waals surface area (Å²) >= 11 is 3.36. The van der Waals surface area contributed by atoms with Crippen LogP contribution in [0.5, 0.6) is 0 Å². The summed E-state index contributed by atoms with van der Waals surface area (Å²) in [6.07, 6.45) is 0. The molecule has 0 atom stereocenters. The van der Waals surface area contributed by atoms with Gasteiger partial charge >= 0.3 is 5.97 Å². The summed E-state index contributed by atoms with van der Waals surface area (Å²) in [7, 11) is 1.34. The number of carbonyl (C=O) groups excluding carboxylic acids is 2. The van der Waals surface area contributed by atoms with Gasteiger partial charge in [0.1, 0.15) is 5.54 Å². The predicted octanol–water partition coefficient (Wildman–Crippen LogP) is 2.16. The van der Waals surface area contributed by atoms with Gasteiger partial charge in [0.15, 0.2) is 0 Å². The SMILES string of the molecule is COC(=O)C(C)(C)N1CC(=O)Nc2cc(Br)ccc21. The predicted molar refractivity (Wildman–Crippen MR) is 76.2 cm³/mol. The van der Waals surface area contributed by atoms with Crippen molar-refractivity contribution < 1.29 is 14.3 Å². The van der Waals surface area contributed by atoms with Crippen LogP contribution in [-0.2, 0) is 14.3 Å². The highest BCUT2D eigenvalue weighted by molar-refractivity contribution is 9.10. The lowest BCUT2D eigenvalue weighted by molar-refractivity contribution is -0.145. The molecular weight excluding hydrogens is 312 g/mol. The van der Waals surface area contributed by atoms with Crippen molar-refractivity contribution in [1.29, 1.82) is 0 Å². The largest absolute Gasteiger partial charge is 0.467 e. The van der Waals surface area contributed by atoms with E-state index in [1.54, 1.807) is 18.7 Å². The minimum Gasteiger partial charge on any atom is -0.467 e. The fourth-order valence-electron chi connectivity index (χ4n) is 2.12. The first kappa shape index (κ1) is 13.9. The van der Waals surface area contributed by atoms with Gasteiger partial charge in [-0.05, 0) is 32.0 Å². The summed E-state index contributed by atoms with van der Waals surface area (Å²) in [5.41, 5.74) is 0.579. The zero-order valence-corrected chi connectivity index (χ0v) is 12.6. The standard InChI is InChI=1S/C13H15BrN2O3/c1-13(2,12(18)19-3)16-7-11(17)15-9-6-8(14)4-5-10(9)16/h4-6H,7H2,1-3H3,(H,15,17). The number of fused-ring (bicyclic) bond motifs is 1. The zero-order valence-electron chi connectivity index (χ0n) is 11.0. The van der Waals surface area contributed by atoms with Crippen molar-refractivity contribution in [2.45, 2.75) is 19.4 Å². The molecule has 1 aliphatic rings. The molecular formula is C13H15BrN2O3. The van der Waals surface area contributed by atoms with Gasteiger partial charge < -0.3 is 15.0 Å². The van der Waals surface area contributed by atoms with Crippen LogP contribution in [0.3, 0.4) is 0 Å². The molecule has 1 N–H and O–H groups in total. The van der Waals surface area contributed by atoms with Gasteiger partial charge in [0.05, 0.1) is 25.0 Å². The van der Waals surface area contributed by atoms with Crippen molar-refractivity contribution in [3.8, 4) is 0 Å². The van der Waals surface area contributed by atoms with Gasteiger partial charge in [0, 0.05) is 4.47 Å². The Morgan fingerprint density at radius 3 is 2.79 bits per heavy atom. The number of nitrogens with zero attached hydrogens (tertiary/aromatic N) is 1. The van der Waals surface area contributed by atoms with E-state index < -0.39 is 5.54 Å². The molecule has 1 aromatic rings. The quantitative estimate of drug-likeness (QED) is 0.846. The minimum absolute atomic E-state index is 0.122. The molecule has 0 fully saturated rings. The molecule has 19 heavy (non-hydrogen) atoms. The van der Waals surface area contributed by atoms with Crippen LogP contribution in [0.25, 0.3) is 0 Å². The Morgan fingerprint density at radius 2 is 2.16 bits per heavy atom. The number of esters is 1. The molecule has 1 amide bonds. The lowest BCUT2D eigenvalue weighted by Crippen LogP contribution is -2.55. The number of hydrogen-bond acceptors (Lipinski definition) is 4.